The zero-order valence-corrected chi connectivity index (χ0v) is 15.0. The minimum absolute atomic E-state index is 0.975. The van der Waals surface area contributed by atoms with E-state index in [0.29, 0.717) is 0 Å². The fourth-order valence-corrected chi connectivity index (χ4v) is 3.70. The van der Waals surface area contributed by atoms with E-state index in [1.165, 1.54) is 33.3 Å². The minimum Gasteiger partial charge on any atom is -0.344 e. The second kappa shape index (κ2) is 7.18. The van der Waals surface area contributed by atoms with Gasteiger partial charge in [0.25, 0.3) is 0 Å². The van der Waals surface area contributed by atoms with E-state index in [-0.39, 0.29) is 0 Å². The lowest BCUT2D eigenvalue weighted by molar-refractivity contribution is 0.309. The molecular weight excluding hydrogens is 294 g/mol. The zero-order valence-electron chi connectivity index (χ0n) is 15.0. The number of fused-ring (bicyclic) bond motifs is 3. The van der Waals surface area contributed by atoms with Gasteiger partial charge in [0.15, 0.2) is 0 Å². The summed E-state index contributed by atoms with van der Waals surface area (Å²) in [5.41, 5.74) is 6.96. The lowest BCUT2D eigenvalue weighted by atomic mass is 10.0. The van der Waals surface area contributed by atoms with Gasteiger partial charge >= 0.3 is 0 Å². The second-order valence-electron chi connectivity index (χ2n) is 6.70. The summed E-state index contributed by atoms with van der Waals surface area (Å²) in [4.78, 5) is 6.59. The first-order valence-corrected chi connectivity index (χ1v) is 8.67. The van der Waals surface area contributed by atoms with Gasteiger partial charge in [-0.15, -0.1) is 0 Å². The zero-order chi connectivity index (χ0) is 17.1. The van der Waals surface area contributed by atoms with Crippen molar-refractivity contribution in [1.29, 1.82) is 0 Å². The van der Waals surface area contributed by atoms with E-state index >= 15 is 0 Å². The van der Waals surface area contributed by atoms with Crippen molar-refractivity contribution in [2.45, 2.75) is 32.9 Å². The summed E-state index contributed by atoms with van der Waals surface area (Å²) < 4.78 is 2.53. The van der Waals surface area contributed by atoms with Crippen molar-refractivity contribution in [3.63, 3.8) is 0 Å². The van der Waals surface area contributed by atoms with E-state index in [1.54, 1.807) is 0 Å². The van der Waals surface area contributed by atoms with E-state index < -0.39 is 0 Å². The van der Waals surface area contributed by atoms with Gasteiger partial charge in [0.2, 0.25) is 0 Å². The van der Waals surface area contributed by atoms with Crippen LogP contribution >= 0.6 is 0 Å². The molecule has 126 valence electrons. The summed E-state index contributed by atoms with van der Waals surface area (Å²) in [6, 6.07) is 6.85. The summed E-state index contributed by atoms with van der Waals surface area (Å²) in [7, 11) is 4.03. The van der Waals surface area contributed by atoms with Gasteiger partial charge in [0, 0.05) is 55.9 Å². The molecule has 24 heavy (non-hydrogen) atoms. The molecule has 3 nitrogen and oxygen atoms in total. The van der Waals surface area contributed by atoms with Crippen molar-refractivity contribution in [2.24, 2.45) is 4.99 Å². The van der Waals surface area contributed by atoms with Crippen LogP contribution in [0.4, 0.5) is 0 Å². The van der Waals surface area contributed by atoms with Crippen LogP contribution in [0.2, 0.25) is 0 Å². The topological polar surface area (TPSA) is 20.5 Å². The largest absolute Gasteiger partial charge is 0.344 e. The molecule has 3 heteroatoms. The molecule has 0 fully saturated rings. The fourth-order valence-electron chi connectivity index (χ4n) is 3.70. The number of aliphatic imine (C=N–C) groups is 1. The lowest BCUT2D eigenvalue weighted by Gasteiger charge is -2.24. The molecule has 1 aliphatic heterocycles. The van der Waals surface area contributed by atoms with E-state index in [2.05, 4.69) is 59.3 Å². The third-order valence-electron chi connectivity index (χ3n) is 4.85. The van der Waals surface area contributed by atoms with Crippen molar-refractivity contribution in [3.8, 4) is 0 Å². The Morgan fingerprint density at radius 3 is 2.96 bits per heavy atom. The van der Waals surface area contributed by atoms with Crippen LogP contribution in [-0.4, -0.2) is 36.3 Å². The van der Waals surface area contributed by atoms with Gasteiger partial charge in [0.1, 0.15) is 0 Å². The highest BCUT2D eigenvalue weighted by atomic mass is 15.1. The molecule has 0 N–H and O–H groups in total. The number of hydrogen-bond donors (Lipinski definition) is 0. The molecule has 0 atom stereocenters. The molecule has 1 aliphatic rings. The predicted octanol–water partition coefficient (Wildman–Crippen LogP) is 4.14. The predicted molar refractivity (Wildman–Crippen MR) is 104 cm³/mol. The summed E-state index contributed by atoms with van der Waals surface area (Å²) in [6.07, 6.45) is 7.95. The standard InChI is InChI=1S/C21H27N3/c1-5-6-17(14-22-3)9-12-24-20-8-7-16(2)13-18(20)19-15-23(4)11-10-21(19)24/h5-8,13-14H,1,9-12,15H2,2-4H3/b17-6-,22-14?. The summed E-state index contributed by atoms with van der Waals surface area (Å²) in [5, 5.41) is 1.43. The number of nitrogens with zero attached hydrogens (tertiary/aromatic N) is 3. The minimum atomic E-state index is 0.975. The van der Waals surface area contributed by atoms with Gasteiger partial charge in [-0.25, -0.2) is 0 Å². The number of rotatable bonds is 5. The average molecular weight is 321 g/mol. The maximum Gasteiger partial charge on any atom is 0.0486 e. The average Bonchev–Trinajstić information content (AvgIpc) is 2.85. The number of aryl methyl sites for hydroxylation is 2. The number of allylic oxidation sites excluding steroid dienone is 3. The highest BCUT2D eigenvalue weighted by Crippen LogP contribution is 2.31. The Balaban J connectivity index is 2.01. The van der Waals surface area contributed by atoms with Crippen LogP contribution in [0.5, 0.6) is 0 Å². The molecule has 3 rings (SSSR count). The highest BCUT2D eigenvalue weighted by molar-refractivity contribution is 5.86. The Hall–Kier alpha value is -2.13. The van der Waals surface area contributed by atoms with Crippen molar-refractivity contribution in [1.82, 2.24) is 9.47 Å². The first-order chi connectivity index (χ1) is 11.6. The van der Waals surface area contributed by atoms with E-state index in [1.807, 2.05) is 19.3 Å². The molecule has 0 saturated carbocycles. The second-order valence-corrected chi connectivity index (χ2v) is 6.70. The van der Waals surface area contributed by atoms with Gasteiger partial charge in [-0.1, -0.05) is 30.4 Å². The maximum absolute atomic E-state index is 4.17. The molecule has 0 bridgehead atoms. The van der Waals surface area contributed by atoms with Crippen molar-refractivity contribution >= 4 is 17.1 Å². The molecule has 2 aromatic rings. The SMILES string of the molecule is C=C/C=C(\C=NC)CCn1c2c(c3cc(C)ccc31)CN(C)CC2. The van der Waals surface area contributed by atoms with Crippen LogP contribution in [0.15, 0.2) is 47.5 Å². The molecule has 0 radical (unpaired) electrons. The van der Waals surface area contributed by atoms with Crippen LogP contribution in [0.25, 0.3) is 10.9 Å². The first kappa shape index (κ1) is 16.7. The normalized spacial score (nSPS) is 16.0. The molecule has 0 saturated heterocycles. The molecule has 2 heterocycles. The van der Waals surface area contributed by atoms with Gasteiger partial charge in [-0.3, -0.25) is 4.99 Å². The smallest absolute Gasteiger partial charge is 0.0486 e. The van der Waals surface area contributed by atoms with Crippen LogP contribution in [0, 0.1) is 6.92 Å². The number of likely N-dealkylation sites (N-methyl/N-ethyl adjacent to an activating group) is 1. The Morgan fingerprint density at radius 2 is 2.21 bits per heavy atom. The molecule has 0 amide bonds. The quantitative estimate of drug-likeness (QED) is 0.599. The highest BCUT2D eigenvalue weighted by Gasteiger charge is 2.22. The number of aromatic nitrogens is 1. The van der Waals surface area contributed by atoms with Gasteiger partial charge < -0.3 is 9.47 Å². The van der Waals surface area contributed by atoms with E-state index in [4.69, 9.17) is 0 Å². The van der Waals surface area contributed by atoms with E-state index in [0.717, 1.165) is 32.5 Å². The Bertz CT molecular complexity index is 808. The number of benzene rings is 1. The molecule has 1 aromatic carbocycles. The van der Waals surface area contributed by atoms with Crippen LogP contribution in [0.3, 0.4) is 0 Å². The first-order valence-electron chi connectivity index (χ1n) is 8.67. The van der Waals surface area contributed by atoms with Crippen molar-refractivity contribution < 1.29 is 0 Å². The molecule has 0 aliphatic carbocycles. The van der Waals surface area contributed by atoms with E-state index in [9.17, 15) is 0 Å². The fraction of sp³-hybridized carbons (Fsp3) is 0.381. The summed E-state index contributed by atoms with van der Waals surface area (Å²) in [6.45, 7) is 9.17. The Kier molecular flexibility index (Phi) is 5.00. The molecule has 0 unspecified atom stereocenters. The Morgan fingerprint density at radius 1 is 1.38 bits per heavy atom. The van der Waals surface area contributed by atoms with Crippen molar-refractivity contribution in [2.75, 3.05) is 20.6 Å². The molecule has 1 aromatic heterocycles. The van der Waals surface area contributed by atoms with Crippen molar-refractivity contribution in [3.05, 3.63) is 59.3 Å². The molecule has 0 spiro atoms. The third-order valence-corrected chi connectivity index (χ3v) is 4.85. The summed E-state index contributed by atoms with van der Waals surface area (Å²) in [5.74, 6) is 0. The summed E-state index contributed by atoms with van der Waals surface area (Å²) >= 11 is 0. The van der Waals surface area contributed by atoms with Gasteiger partial charge in [0.05, 0.1) is 0 Å². The van der Waals surface area contributed by atoms with Gasteiger partial charge in [-0.2, -0.15) is 0 Å². The third kappa shape index (κ3) is 3.22. The monoisotopic (exact) mass is 321 g/mol. The Labute approximate surface area is 145 Å². The molecular formula is C21H27N3. The number of hydrogen-bond acceptors (Lipinski definition) is 2. The van der Waals surface area contributed by atoms with Crippen LogP contribution < -0.4 is 0 Å². The lowest BCUT2D eigenvalue weighted by Crippen LogP contribution is -2.27. The van der Waals surface area contributed by atoms with Crippen LogP contribution in [-0.2, 0) is 19.5 Å². The van der Waals surface area contributed by atoms with Gasteiger partial charge in [-0.05, 0) is 43.7 Å². The van der Waals surface area contributed by atoms with Crippen LogP contribution in [0.1, 0.15) is 23.2 Å². The maximum atomic E-state index is 4.17.